The second-order valence-corrected chi connectivity index (χ2v) is 2.29. The lowest BCUT2D eigenvalue weighted by atomic mass is 10.3. The fourth-order valence-electron chi connectivity index (χ4n) is 0.673. The Balaban J connectivity index is 2.46. The molecule has 0 bridgehead atoms. The van der Waals surface area contributed by atoms with Gasteiger partial charge in [0.15, 0.2) is 0 Å². The molecule has 4 heteroatoms. The third kappa shape index (κ3) is 2.23. The second kappa shape index (κ2) is 4.33. The van der Waals surface area contributed by atoms with Gasteiger partial charge in [-0.1, -0.05) is 17.8 Å². The standard InChI is InChI=1S/C8H11N3O/c1-3-4-12-10-6-8-7(2)5-9-11-8/h3,5-6H,1,4H2,2H3,(H,9,11)/b10-6+. The van der Waals surface area contributed by atoms with Crippen LogP contribution in [0.25, 0.3) is 0 Å². The van der Waals surface area contributed by atoms with Gasteiger partial charge in [0, 0.05) is 0 Å². The highest BCUT2D eigenvalue weighted by atomic mass is 16.6. The van der Waals surface area contributed by atoms with Crippen molar-refractivity contribution in [3.63, 3.8) is 0 Å². The number of nitrogens with zero attached hydrogens (tertiary/aromatic N) is 2. The van der Waals surface area contributed by atoms with Crippen molar-refractivity contribution in [2.45, 2.75) is 6.92 Å². The molecular weight excluding hydrogens is 154 g/mol. The van der Waals surface area contributed by atoms with Crippen LogP contribution in [-0.2, 0) is 4.84 Å². The Morgan fingerprint density at radius 2 is 2.67 bits per heavy atom. The molecule has 0 aliphatic carbocycles. The Bertz CT molecular complexity index is 278. The highest BCUT2D eigenvalue weighted by Gasteiger charge is 1.94. The van der Waals surface area contributed by atoms with Gasteiger partial charge in [-0.15, -0.1) is 0 Å². The lowest BCUT2D eigenvalue weighted by Crippen LogP contribution is -1.87. The van der Waals surface area contributed by atoms with Crippen LogP contribution in [0.2, 0.25) is 0 Å². The summed E-state index contributed by atoms with van der Waals surface area (Å²) in [6.45, 7) is 5.86. The third-order valence-electron chi connectivity index (χ3n) is 1.32. The number of hydrogen-bond acceptors (Lipinski definition) is 3. The van der Waals surface area contributed by atoms with E-state index in [2.05, 4.69) is 21.9 Å². The maximum atomic E-state index is 4.81. The van der Waals surface area contributed by atoms with Crippen molar-refractivity contribution in [3.05, 3.63) is 30.1 Å². The summed E-state index contributed by atoms with van der Waals surface area (Å²) in [5.74, 6) is 0. The van der Waals surface area contributed by atoms with Gasteiger partial charge in [0.1, 0.15) is 6.61 Å². The number of rotatable bonds is 4. The number of aromatic amines is 1. The van der Waals surface area contributed by atoms with Crippen molar-refractivity contribution in [2.24, 2.45) is 5.16 Å². The maximum absolute atomic E-state index is 4.81. The zero-order valence-corrected chi connectivity index (χ0v) is 6.95. The largest absolute Gasteiger partial charge is 0.392 e. The van der Waals surface area contributed by atoms with E-state index < -0.39 is 0 Å². The van der Waals surface area contributed by atoms with E-state index in [4.69, 9.17) is 4.84 Å². The Labute approximate surface area is 70.9 Å². The molecule has 4 nitrogen and oxygen atoms in total. The molecule has 0 unspecified atom stereocenters. The molecule has 0 aliphatic rings. The van der Waals surface area contributed by atoms with Crippen molar-refractivity contribution >= 4 is 6.21 Å². The number of aromatic nitrogens is 2. The van der Waals surface area contributed by atoms with E-state index in [1.54, 1.807) is 18.5 Å². The van der Waals surface area contributed by atoms with E-state index >= 15 is 0 Å². The molecule has 0 aromatic carbocycles. The Kier molecular flexibility index (Phi) is 3.07. The van der Waals surface area contributed by atoms with Gasteiger partial charge in [0.05, 0.1) is 18.1 Å². The molecule has 0 aliphatic heterocycles. The third-order valence-corrected chi connectivity index (χ3v) is 1.32. The first-order chi connectivity index (χ1) is 5.84. The van der Waals surface area contributed by atoms with Gasteiger partial charge in [0.2, 0.25) is 0 Å². The maximum Gasteiger partial charge on any atom is 0.135 e. The molecule has 0 radical (unpaired) electrons. The quantitative estimate of drug-likeness (QED) is 0.316. The monoisotopic (exact) mass is 165 g/mol. The number of nitrogens with one attached hydrogen (secondary N) is 1. The summed E-state index contributed by atoms with van der Waals surface area (Å²) in [4.78, 5) is 4.81. The first-order valence-electron chi connectivity index (χ1n) is 3.61. The average Bonchev–Trinajstić information content (AvgIpc) is 2.46. The Morgan fingerprint density at radius 3 is 3.25 bits per heavy atom. The van der Waals surface area contributed by atoms with Crippen LogP contribution in [0.3, 0.4) is 0 Å². The van der Waals surface area contributed by atoms with Crippen LogP contribution in [0.15, 0.2) is 24.0 Å². The Hall–Kier alpha value is -1.58. The number of H-pyrrole nitrogens is 1. The van der Waals surface area contributed by atoms with Crippen LogP contribution in [0.1, 0.15) is 11.3 Å². The van der Waals surface area contributed by atoms with Crippen LogP contribution in [0, 0.1) is 6.92 Å². The van der Waals surface area contributed by atoms with Gasteiger partial charge in [-0.05, 0) is 12.5 Å². The molecule has 0 spiro atoms. The molecule has 1 heterocycles. The van der Waals surface area contributed by atoms with Gasteiger partial charge in [-0.25, -0.2) is 0 Å². The SMILES string of the molecule is C=CCO/N=C/c1[nH]ncc1C. The van der Waals surface area contributed by atoms with E-state index in [0.717, 1.165) is 11.3 Å². The highest BCUT2D eigenvalue weighted by Crippen LogP contribution is 1.97. The van der Waals surface area contributed by atoms with Crippen molar-refractivity contribution in [2.75, 3.05) is 6.61 Å². The normalized spacial score (nSPS) is 10.4. The van der Waals surface area contributed by atoms with Gasteiger partial charge in [-0.2, -0.15) is 5.10 Å². The molecule has 0 saturated heterocycles. The molecule has 1 aromatic heterocycles. The van der Waals surface area contributed by atoms with Crippen LogP contribution in [-0.4, -0.2) is 23.0 Å². The van der Waals surface area contributed by atoms with E-state index in [9.17, 15) is 0 Å². The van der Waals surface area contributed by atoms with E-state index in [1.807, 2.05) is 6.92 Å². The second-order valence-electron chi connectivity index (χ2n) is 2.29. The van der Waals surface area contributed by atoms with E-state index in [0.29, 0.717) is 6.61 Å². The minimum atomic E-state index is 0.420. The van der Waals surface area contributed by atoms with Crippen molar-refractivity contribution in [3.8, 4) is 0 Å². The fourth-order valence-corrected chi connectivity index (χ4v) is 0.673. The van der Waals surface area contributed by atoms with Gasteiger partial charge in [0.25, 0.3) is 0 Å². The zero-order chi connectivity index (χ0) is 8.81. The van der Waals surface area contributed by atoms with Crippen molar-refractivity contribution in [1.82, 2.24) is 10.2 Å². The van der Waals surface area contributed by atoms with Crippen molar-refractivity contribution < 1.29 is 4.84 Å². The van der Waals surface area contributed by atoms with Crippen LogP contribution >= 0.6 is 0 Å². The molecule has 1 N–H and O–H groups in total. The summed E-state index contributed by atoms with van der Waals surface area (Å²) in [7, 11) is 0. The van der Waals surface area contributed by atoms with E-state index in [-0.39, 0.29) is 0 Å². The summed E-state index contributed by atoms with van der Waals surface area (Å²) >= 11 is 0. The fraction of sp³-hybridized carbons (Fsp3) is 0.250. The summed E-state index contributed by atoms with van der Waals surface area (Å²) in [6, 6.07) is 0. The average molecular weight is 165 g/mol. The molecule has 0 atom stereocenters. The smallest absolute Gasteiger partial charge is 0.135 e. The minimum Gasteiger partial charge on any atom is -0.392 e. The first kappa shape index (κ1) is 8.52. The topological polar surface area (TPSA) is 50.3 Å². The van der Waals surface area contributed by atoms with E-state index in [1.165, 1.54) is 0 Å². The highest BCUT2D eigenvalue weighted by molar-refractivity contribution is 5.78. The van der Waals surface area contributed by atoms with Crippen LogP contribution in [0.5, 0.6) is 0 Å². The molecule has 64 valence electrons. The van der Waals surface area contributed by atoms with Crippen molar-refractivity contribution in [1.29, 1.82) is 0 Å². The molecule has 12 heavy (non-hydrogen) atoms. The molecule has 0 fully saturated rings. The van der Waals surface area contributed by atoms with Gasteiger partial charge < -0.3 is 4.84 Å². The Morgan fingerprint density at radius 1 is 1.83 bits per heavy atom. The predicted molar refractivity (Wildman–Crippen MR) is 47.1 cm³/mol. The van der Waals surface area contributed by atoms with Crippen LogP contribution in [0.4, 0.5) is 0 Å². The number of hydrogen-bond donors (Lipinski definition) is 1. The van der Waals surface area contributed by atoms with Gasteiger partial charge in [-0.3, -0.25) is 5.10 Å². The lowest BCUT2D eigenvalue weighted by molar-refractivity contribution is 0.176. The van der Waals surface area contributed by atoms with Gasteiger partial charge >= 0.3 is 0 Å². The zero-order valence-electron chi connectivity index (χ0n) is 6.95. The summed E-state index contributed by atoms with van der Waals surface area (Å²) in [5.41, 5.74) is 1.90. The molecule has 1 aromatic rings. The summed E-state index contributed by atoms with van der Waals surface area (Å²) < 4.78 is 0. The molecule has 0 amide bonds. The molecule has 1 rings (SSSR count). The minimum absolute atomic E-state index is 0.420. The number of oxime groups is 1. The molecular formula is C8H11N3O. The summed E-state index contributed by atoms with van der Waals surface area (Å²) in [5, 5.41) is 10.3. The molecule has 0 saturated carbocycles. The predicted octanol–water partition coefficient (Wildman–Crippen LogP) is 1.25. The summed E-state index contributed by atoms with van der Waals surface area (Å²) in [6.07, 6.45) is 4.96. The first-order valence-corrected chi connectivity index (χ1v) is 3.61. The lowest BCUT2D eigenvalue weighted by Gasteiger charge is -1.90. The van der Waals surface area contributed by atoms with Crippen LogP contribution < -0.4 is 0 Å². The number of aryl methyl sites for hydroxylation is 1.